The van der Waals surface area contributed by atoms with Crippen LogP contribution >= 0.6 is 0 Å². The van der Waals surface area contributed by atoms with Gasteiger partial charge in [0.1, 0.15) is 5.65 Å². The third-order valence-corrected chi connectivity index (χ3v) is 4.38. The summed E-state index contributed by atoms with van der Waals surface area (Å²) in [5.41, 5.74) is 1.84. The van der Waals surface area contributed by atoms with Crippen LogP contribution in [-0.4, -0.2) is 27.1 Å². The molecule has 2 aromatic rings. The Labute approximate surface area is 120 Å². The highest BCUT2D eigenvalue weighted by molar-refractivity contribution is 5.56. The molecule has 20 heavy (non-hydrogen) atoms. The van der Waals surface area contributed by atoms with Gasteiger partial charge in [0, 0.05) is 18.8 Å². The highest BCUT2D eigenvalue weighted by Gasteiger charge is 2.25. The standard InChI is InChI=1S/C16H23N3O/c1-2-13-8-4-3-6-10-18(13)16-14(12-20)19-11-7-5-9-15(19)17-16/h5,7,9,11,13,20H,2-4,6,8,10,12H2,1H3. The molecule has 0 aromatic carbocycles. The van der Waals surface area contributed by atoms with E-state index in [1.807, 2.05) is 28.8 Å². The maximum Gasteiger partial charge on any atom is 0.153 e. The second kappa shape index (κ2) is 5.83. The summed E-state index contributed by atoms with van der Waals surface area (Å²) in [6.07, 6.45) is 8.17. The molecule has 1 aliphatic rings. The summed E-state index contributed by atoms with van der Waals surface area (Å²) in [6, 6.07) is 6.53. The maximum absolute atomic E-state index is 9.78. The van der Waals surface area contributed by atoms with E-state index in [-0.39, 0.29) is 6.61 Å². The van der Waals surface area contributed by atoms with Crippen LogP contribution in [0.15, 0.2) is 24.4 Å². The minimum absolute atomic E-state index is 0.0352. The Balaban J connectivity index is 2.06. The lowest BCUT2D eigenvalue weighted by Gasteiger charge is -2.30. The molecule has 0 aliphatic carbocycles. The first kappa shape index (κ1) is 13.4. The van der Waals surface area contributed by atoms with E-state index in [1.54, 1.807) is 0 Å². The van der Waals surface area contributed by atoms with Gasteiger partial charge in [-0.3, -0.25) is 4.40 Å². The molecule has 4 nitrogen and oxygen atoms in total. The molecule has 4 heteroatoms. The first-order valence-electron chi connectivity index (χ1n) is 7.68. The Morgan fingerprint density at radius 2 is 2.20 bits per heavy atom. The molecule has 1 atom stereocenters. The number of aliphatic hydroxyl groups excluding tert-OH is 1. The smallest absolute Gasteiger partial charge is 0.153 e. The Bertz CT molecular complexity index is 578. The van der Waals surface area contributed by atoms with Crippen LogP contribution in [-0.2, 0) is 6.61 Å². The summed E-state index contributed by atoms with van der Waals surface area (Å²) < 4.78 is 2.01. The van der Waals surface area contributed by atoms with Gasteiger partial charge in [0.2, 0.25) is 0 Å². The van der Waals surface area contributed by atoms with Gasteiger partial charge in [-0.15, -0.1) is 0 Å². The lowest BCUT2D eigenvalue weighted by molar-refractivity contribution is 0.275. The fourth-order valence-electron chi connectivity index (χ4n) is 3.29. The number of aromatic nitrogens is 2. The van der Waals surface area contributed by atoms with Crippen LogP contribution in [0.3, 0.4) is 0 Å². The molecule has 0 amide bonds. The molecular formula is C16H23N3O. The fraction of sp³-hybridized carbons (Fsp3) is 0.562. The summed E-state index contributed by atoms with van der Waals surface area (Å²) in [5, 5.41) is 9.78. The number of hydrogen-bond acceptors (Lipinski definition) is 3. The van der Waals surface area contributed by atoms with E-state index in [1.165, 1.54) is 25.7 Å². The van der Waals surface area contributed by atoms with Gasteiger partial charge in [-0.25, -0.2) is 4.98 Å². The number of aliphatic hydroxyl groups is 1. The second-order valence-corrected chi connectivity index (χ2v) is 5.57. The highest BCUT2D eigenvalue weighted by atomic mass is 16.3. The number of hydrogen-bond donors (Lipinski definition) is 1. The third-order valence-electron chi connectivity index (χ3n) is 4.38. The van der Waals surface area contributed by atoms with Crippen molar-refractivity contribution in [2.24, 2.45) is 0 Å². The van der Waals surface area contributed by atoms with Crippen LogP contribution < -0.4 is 4.90 Å². The monoisotopic (exact) mass is 273 g/mol. The summed E-state index contributed by atoms with van der Waals surface area (Å²) in [5.74, 6) is 0.979. The molecule has 0 saturated carbocycles. The van der Waals surface area contributed by atoms with Crippen molar-refractivity contribution in [1.82, 2.24) is 9.38 Å². The van der Waals surface area contributed by atoms with Gasteiger partial charge in [-0.2, -0.15) is 0 Å². The molecule has 2 aromatic heterocycles. The van der Waals surface area contributed by atoms with Crippen LogP contribution in [0.1, 0.15) is 44.7 Å². The summed E-state index contributed by atoms with van der Waals surface area (Å²) in [7, 11) is 0. The van der Waals surface area contributed by atoms with Gasteiger partial charge in [0.15, 0.2) is 5.82 Å². The van der Waals surface area contributed by atoms with Crippen LogP contribution in [0.2, 0.25) is 0 Å². The zero-order valence-electron chi connectivity index (χ0n) is 12.1. The molecule has 1 fully saturated rings. The second-order valence-electron chi connectivity index (χ2n) is 5.57. The maximum atomic E-state index is 9.78. The Morgan fingerprint density at radius 1 is 1.30 bits per heavy atom. The Hall–Kier alpha value is -1.55. The largest absolute Gasteiger partial charge is 0.390 e. The lowest BCUT2D eigenvalue weighted by atomic mass is 10.1. The summed E-state index contributed by atoms with van der Waals surface area (Å²) in [6.45, 7) is 3.33. The molecule has 1 saturated heterocycles. The van der Waals surface area contributed by atoms with Crippen LogP contribution in [0.4, 0.5) is 5.82 Å². The zero-order chi connectivity index (χ0) is 13.9. The molecule has 108 valence electrons. The van der Waals surface area contributed by atoms with E-state index >= 15 is 0 Å². The fourth-order valence-corrected chi connectivity index (χ4v) is 3.29. The van der Waals surface area contributed by atoms with E-state index in [2.05, 4.69) is 11.8 Å². The number of anilines is 1. The van der Waals surface area contributed by atoms with E-state index < -0.39 is 0 Å². The number of rotatable bonds is 3. The molecule has 1 N–H and O–H groups in total. The van der Waals surface area contributed by atoms with E-state index in [0.29, 0.717) is 6.04 Å². The quantitative estimate of drug-likeness (QED) is 0.934. The summed E-state index contributed by atoms with van der Waals surface area (Å²) in [4.78, 5) is 7.20. The molecule has 3 rings (SSSR count). The average molecular weight is 273 g/mol. The van der Waals surface area contributed by atoms with Gasteiger partial charge in [-0.1, -0.05) is 25.8 Å². The van der Waals surface area contributed by atoms with E-state index in [4.69, 9.17) is 4.98 Å². The molecule has 0 bridgehead atoms. The van der Waals surface area contributed by atoms with Crippen molar-refractivity contribution in [2.75, 3.05) is 11.4 Å². The van der Waals surface area contributed by atoms with Crippen molar-refractivity contribution >= 4 is 11.5 Å². The average Bonchev–Trinajstić information content (AvgIpc) is 2.69. The highest BCUT2D eigenvalue weighted by Crippen LogP contribution is 2.29. The van der Waals surface area contributed by atoms with Crippen molar-refractivity contribution in [2.45, 2.75) is 51.7 Å². The molecule has 3 heterocycles. The van der Waals surface area contributed by atoms with Crippen molar-refractivity contribution < 1.29 is 5.11 Å². The molecule has 1 aliphatic heterocycles. The molecule has 1 unspecified atom stereocenters. The first-order valence-corrected chi connectivity index (χ1v) is 7.68. The number of fused-ring (bicyclic) bond motifs is 1. The molecular weight excluding hydrogens is 250 g/mol. The minimum Gasteiger partial charge on any atom is -0.390 e. The predicted octanol–water partition coefficient (Wildman–Crippen LogP) is 2.99. The zero-order valence-corrected chi connectivity index (χ0v) is 12.1. The van der Waals surface area contributed by atoms with Gasteiger partial charge >= 0.3 is 0 Å². The predicted molar refractivity (Wildman–Crippen MR) is 81.0 cm³/mol. The lowest BCUT2D eigenvalue weighted by Crippen LogP contribution is -2.35. The van der Waals surface area contributed by atoms with Gasteiger partial charge in [-0.05, 0) is 31.4 Å². The van der Waals surface area contributed by atoms with Gasteiger partial charge < -0.3 is 10.0 Å². The van der Waals surface area contributed by atoms with Crippen molar-refractivity contribution in [3.05, 3.63) is 30.1 Å². The normalized spacial score (nSPS) is 20.3. The number of imidazole rings is 1. The van der Waals surface area contributed by atoms with Crippen LogP contribution in [0.5, 0.6) is 0 Å². The topological polar surface area (TPSA) is 40.8 Å². The van der Waals surface area contributed by atoms with E-state index in [9.17, 15) is 5.11 Å². The van der Waals surface area contributed by atoms with Crippen LogP contribution in [0, 0.1) is 0 Å². The van der Waals surface area contributed by atoms with E-state index in [0.717, 1.165) is 30.1 Å². The number of pyridine rings is 1. The van der Waals surface area contributed by atoms with Gasteiger partial charge in [0.25, 0.3) is 0 Å². The van der Waals surface area contributed by atoms with Crippen molar-refractivity contribution in [3.8, 4) is 0 Å². The van der Waals surface area contributed by atoms with Crippen molar-refractivity contribution in [1.29, 1.82) is 0 Å². The summed E-state index contributed by atoms with van der Waals surface area (Å²) >= 11 is 0. The first-order chi connectivity index (χ1) is 9.85. The SMILES string of the molecule is CCC1CCCCCN1c1nc2ccccn2c1CO. The third kappa shape index (κ3) is 2.29. The van der Waals surface area contributed by atoms with Gasteiger partial charge in [0.05, 0.1) is 12.3 Å². The number of nitrogens with zero attached hydrogens (tertiary/aromatic N) is 3. The Kier molecular flexibility index (Phi) is 3.92. The van der Waals surface area contributed by atoms with Crippen molar-refractivity contribution in [3.63, 3.8) is 0 Å². The molecule has 0 spiro atoms. The Morgan fingerprint density at radius 3 is 3.00 bits per heavy atom. The van der Waals surface area contributed by atoms with Crippen LogP contribution in [0.25, 0.3) is 5.65 Å². The molecule has 0 radical (unpaired) electrons. The minimum atomic E-state index is 0.0352.